The highest BCUT2D eigenvalue weighted by molar-refractivity contribution is 8.00. The van der Waals surface area contributed by atoms with Crippen LogP contribution in [0.1, 0.15) is 5.56 Å². The highest BCUT2D eigenvalue weighted by atomic mass is 35.5. The fraction of sp³-hybridized carbons (Fsp3) is 0.176. The maximum atomic E-state index is 11.8. The lowest BCUT2D eigenvalue weighted by molar-refractivity contribution is -0.144. The summed E-state index contributed by atoms with van der Waals surface area (Å²) < 4.78 is 4.96. The summed E-state index contributed by atoms with van der Waals surface area (Å²) in [5.74, 6) is -0.806. The minimum absolute atomic E-state index is 0.135. The Kier molecular flexibility index (Phi) is 6.97. The lowest BCUT2D eigenvalue weighted by Crippen LogP contribution is -2.21. The van der Waals surface area contributed by atoms with Crippen molar-refractivity contribution in [2.45, 2.75) is 11.8 Å². The quantitative estimate of drug-likeness (QED) is 0.585. The molecule has 0 fully saturated rings. The smallest absolute Gasteiger partial charge is 0.316 e. The maximum Gasteiger partial charge on any atom is 0.316 e. The van der Waals surface area contributed by atoms with Gasteiger partial charge in [-0.15, -0.1) is 11.8 Å². The van der Waals surface area contributed by atoms with Crippen LogP contribution in [0.4, 0.5) is 5.69 Å². The molecule has 2 aromatic carbocycles. The second-order valence-electron chi connectivity index (χ2n) is 4.86. The molecule has 0 aliphatic heterocycles. The van der Waals surface area contributed by atoms with Crippen LogP contribution < -0.4 is 5.32 Å². The summed E-state index contributed by atoms with van der Waals surface area (Å²) in [6, 6.07) is 12.6. The number of carbonyl (C=O) groups excluding carboxylic acids is 2. The highest BCUT2D eigenvalue weighted by Crippen LogP contribution is 2.29. The molecule has 0 spiro atoms. The zero-order valence-electron chi connectivity index (χ0n) is 12.8. The third kappa shape index (κ3) is 5.44. The average molecular weight is 384 g/mol. The number of aryl methyl sites for hydroxylation is 1. The van der Waals surface area contributed by atoms with Gasteiger partial charge in [-0.05, 0) is 30.7 Å². The van der Waals surface area contributed by atoms with Crippen LogP contribution in [0.5, 0.6) is 0 Å². The van der Waals surface area contributed by atoms with E-state index in [9.17, 15) is 9.59 Å². The van der Waals surface area contributed by atoms with Gasteiger partial charge in [0.2, 0.25) is 0 Å². The van der Waals surface area contributed by atoms with E-state index in [0.29, 0.717) is 10.7 Å². The first-order chi connectivity index (χ1) is 11.5. The predicted octanol–water partition coefficient (Wildman–Crippen LogP) is 4.58. The van der Waals surface area contributed by atoms with Gasteiger partial charge in [-0.3, -0.25) is 9.59 Å². The first-order valence-electron chi connectivity index (χ1n) is 7.05. The van der Waals surface area contributed by atoms with Crippen LogP contribution in [0.2, 0.25) is 10.0 Å². The van der Waals surface area contributed by atoms with Crippen molar-refractivity contribution in [3.8, 4) is 0 Å². The molecule has 0 saturated heterocycles. The summed E-state index contributed by atoms with van der Waals surface area (Å²) >= 11 is 13.2. The third-order valence-electron chi connectivity index (χ3n) is 3.03. The number of nitrogens with one attached hydrogen (secondary N) is 1. The third-order valence-corrected chi connectivity index (χ3v) is 5.00. The lowest BCUT2D eigenvalue weighted by Gasteiger charge is -2.09. The number of benzene rings is 2. The number of hydrogen-bond donors (Lipinski definition) is 1. The molecular formula is C17H15Cl2NO3S. The van der Waals surface area contributed by atoms with Gasteiger partial charge in [-0.2, -0.15) is 0 Å². The van der Waals surface area contributed by atoms with Gasteiger partial charge in [-0.25, -0.2) is 0 Å². The van der Waals surface area contributed by atoms with E-state index in [1.54, 1.807) is 18.2 Å². The first-order valence-corrected chi connectivity index (χ1v) is 8.79. The Morgan fingerprint density at radius 1 is 1.12 bits per heavy atom. The van der Waals surface area contributed by atoms with Crippen molar-refractivity contribution in [1.82, 2.24) is 0 Å². The van der Waals surface area contributed by atoms with Gasteiger partial charge in [0.25, 0.3) is 5.91 Å². The highest BCUT2D eigenvalue weighted by Gasteiger charge is 2.11. The van der Waals surface area contributed by atoms with Gasteiger partial charge in [0.1, 0.15) is 0 Å². The molecule has 126 valence electrons. The van der Waals surface area contributed by atoms with Crippen LogP contribution in [0.3, 0.4) is 0 Å². The molecule has 24 heavy (non-hydrogen) atoms. The van der Waals surface area contributed by atoms with Crippen LogP contribution >= 0.6 is 35.0 Å². The second-order valence-corrected chi connectivity index (χ2v) is 6.67. The molecule has 0 saturated carbocycles. The van der Waals surface area contributed by atoms with Crippen molar-refractivity contribution in [3.63, 3.8) is 0 Å². The van der Waals surface area contributed by atoms with E-state index < -0.39 is 11.9 Å². The van der Waals surface area contributed by atoms with E-state index in [-0.39, 0.29) is 17.4 Å². The predicted molar refractivity (Wildman–Crippen MR) is 98.0 cm³/mol. The Balaban J connectivity index is 1.78. The molecule has 1 N–H and O–H groups in total. The number of halogens is 2. The summed E-state index contributed by atoms with van der Waals surface area (Å²) in [6.45, 7) is 1.59. The summed E-state index contributed by atoms with van der Waals surface area (Å²) in [5.41, 5.74) is 1.46. The van der Waals surface area contributed by atoms with Gasteiger partial charge in [0.15, 0.2) is 6.61 Å². The molecule has 0 heterocycles. The van der Waals surface area contributed by atoms with Gasteiger partial charge in [-0.1, -0.05) is 47.5 Å². The molecule has 0 radical (unpaired) electrons. The minimum atomic E-state index is -0.478. The Bertz CT molecular complexity index is 752. The summed E-state index contributed by atoms with van der Waals surface area (Å²) in [4.78, 5) is 24.6. The fourth-order valence-electron chi connectivity index (χ4n) is 1.83. The average Bonchev–Trinajstić information content (AvgIpc) is 2.56. The van der Waals surface area contributed by atoms with E-state index in [4.69, 9.17) is 27.9 Å². The molecule has 2 aromatic rings. The van der Waals surface area contributed by atoms with Crippen molar-refractivity contribution in [2.75, 3.05) is 17.7 Å². The number of rotatable bonds is 6. The number of anilines is 1. The molecule has 4 nitrogen and oxygen atoms in total. The first kappa shape index (κ1) is 18.6. The second kappa shape index (κ2) is 8.97. The Labute approximate surface area is 154 Å². The van der Waals surface area contributed by atoms with Crippen molar-refractivity contribution in [3.05, 3.63) is 58.1 Å². The standard InChI is InChI=1S/C17H15Cl2NO3S/c1-11-5-2-3-8-14(11)24-10-16(22)23-9-15(21)20-13-7-4-6-12(18)17(13)19/h2-8H,9-10H2,1H3,(H,20,21). The number of thioether (sulfide) groups is 1. The van der Waals surface area contributed by atoms with Gasteiger partial charge in [0, 0.05) is 4.90 Å². The van der Waals surface area contributed by atoms with Gasteiger partial charge >= 0.3 is 5.97 Å². The number of carbonyl (C=O) groups is 2. The zero-order valence-corrected chi connectivity index (χ0v) is 15.2. The zero-order chi connectivity index (χ0) is 17.5. The Morgan fingerprint density at radius 3 is 2.62 bits per heavy atom. The van der Waals surface area contributed by atoms with E-state index >= 15 is 0 Å². The van der Waals surface area contributed by atoms with Crippen LogP contribution in [0.25, 0.3) is 0 Å². The molecule has 0 aliphatic carbocycles. The van der Waals surface area contributed by atoms with Crippen LogP contribution in [-0.2, 0) is 14.3 Å². The van der Waals surface area contributed by atoms with E-state index in [0.717, 1.165) is 10.5 Å². The van der Waals surface area contributed by atoms with E-state index in [1.807, 2.05) is 31.2 Å². The normalized spacial score (nSPS) is 10.3. The molecule has 0 unspecified atom stereocenters. The summed E-state index contributed by atoms with van der Waals surface area (Å²) in [5, 5.41) is 3.13. The molecular weight excluding hydrogens is 369 g/mol. The molecule has 0 aliphatic rings. The topological polar surface area (TPSA) is 55.4 Å². The monoisotopic (exact) mass is 383 g/mol. The van der Waals surface area contributed by atoms with E-state index in [2.05, 4.69) is 5.32 Å². The Hall–Kier alpha value is -1.69. The van der Waals surface area contributed by atoms with Crippen molar-refractivity contribution in [2.24, 2.45) is 0 Å². The van der Waals surface area contributed by atoms with Gasteiger partial charge in [0.05, 0.1) is 21.5 Å². The van der Waals surface area contributed by atoms with Crippen LogP contribution in [0.15, 0.2) is 47.4 Å². The molecule has 2 rings (SSSR count). The van der Waals surface area contributed by atoms with Crippen molar-refractivity contribution < 1.29 is 14.3 Å². The van der Waals surface area contributed by atoms with Gasteiger partial charge < -0.3 is 10.1 Å². The fourth-order valence-corrected chi connectivity index (χ4v) is 3.00. The number of ether oxygens (including phenoxy) is 1. The molecule has 0 bridgehead atoms. The minimum Gasteiger partial charge on any atom is -0.455 e. The van der Waals surface area contributed by atoms with Crippen molar-refractivity contribution in [1.29, 1.82) is 0 Å². The molecule has 0 aromatic heterocycles. The SMILES string of the molecule is Cc1ccccc1SCC(=O)OCC(=O)Nc1cccc(Cl)c1Cl. The number of esters is 1. The molecule has 0 atom stereocenters. The van der Waals surface area contributed by atoms with Crippen molar-refractivity contribution >= 4 is 52.5 Å². The number of hydrogen-bond acceptors (Lipinski definition) is 4. The Morgan fingerprint density at radius 2 is 1.88 bits per heavy atom. The molecule has 1 amide bonds. The molecule has 7 heteroatoms. The van der Waals surface area contributed by atoms with Crippen LogP contribution in [0, 0.1) is 6.92 Å². The van der Waals surface area contributed by atoms with Crippen LogP contribution in [-0.4, -0.2) is 24.2 Å². The van der Waals surface area contributed by atoms with E-state index in [1.165, 1.54) is 11.8 Å². The number of amides is 1. The lowest BCUT2D eigenvalue weighted by atomic mass is 10.2. The summed E-state index contributed by atoms with van der Waals surface area (Å²) in [7, 11) is 0. The largest absolute Gasteiger partial charge is 0.455 e. The maximum absolute atomic E-state index is 11.8. The summed E-state index contributed by atoms with van der Waals surface area (Å²) in [6.07, 6.45) is 0.